The van der Waals surface area contributed by atoms with E-state index in [0.29, 0.717) is 17.7 Å². The zero-order valence-corrected chi connectivity index (χ0v) is 21.6. The maximum Gasteiger partial charge on any atom is 0.410 e. The Labute approximate surface area is 221 Å². The number of nitrogens with two attached hydrogens (primary N) is 2. The van der Waals surface area contributed by atoms with Gasteiger partial charge >= 0.3 is 18.2 Å². The van der Waals surface area contributed by atoms with Crippen molar-refractivity contribution in [3.63, 3.8) is 0 Å². The van der Waals surface area contributed by atoms with Crippen LogP contribution >= 0.6 is 0 Å². The van der Waals surface area contributed by atoms with Gasteiger partial charge in [0.25, 0.3) is 0 Å². The summed E-state index contributed by atoms with van der Waals surface area (Å²) in [7, 11) is 0. The number of nitrogens with zero attached hydrogens (tertiary/aromatic N) is 2. The third-order valence-corrected chi connectivity index (χ3v) is 6.01. The SMILES string of the molecule is CC(C)[C@H](N)C(=O)N[C@@H](CCCNC(N)=O)C(=O)Nc1ccc(COC(=O)N2CCN(C(=O)O)CC2)cc1. The zero-order valence-electron chi connectivity index (χ0n) is 21.6. The molecule has 2 atom stereocenters. The molecule has 1 aromatic rings. The van der Waals surface area contributed by atoms with Crippen LogP contribution in [0.15, 0.2) is 24.3 Å². The standard InChI is InChI=1S/C24H37N7O7/c1-15(2)19(25)21(33)29-18(4-3-9-27-22(26)34)20(32)28-17-7-5-16(6-8-17)14-38-24(37)31-12-10-30(11-13-31)23(35)36/h5-8,15,18-19H,3-4,9-14,25H2,1-2H3,(H,28,32)(H,29,33)(H,35,36)(H3,26,27,34)/t18-,19-/m0/s1. The lowest BCUT2D eigenvalue weighted by molar-refractivity contribution is -0.128. The van der Waals surface area contributed by atoms with Gasteiger partial charge in [-0.2, -0.15) is 0 Å². The summed E-state index contributed by atoms with van der Waals surface area (Å²) in [6, 6.07) is 4.30. The molecule has 0 aromatic heterocycles. The molecule has 8 N–H and O–H groups in total. The van der Waals surface area contributed by atoms with Crippen LogP contribution in [0.4, 0.5) is 20.1 Å². The molecule has 14 nitrogen and oxygen atoms in total. The number of carbonyl (C=O) groups is 5. The van der Waals surface area contributed by atoms with Gasteiger partial charge in [0.2, 0.25) is 11.8 Å². The van der Waals surface area contributed by atoms with E-state index in [1.807, 2.05) is 0 Å². The summed E-state index contributed by atoms with van der Waals surface area (Å²) in [5.41, 5.74) is 12.1. The highest BCUT2D eigenvalue weighted by Crippen LogP contribution is 2.13. The van der Waals surface area contributed by atoms with E-state index in [9.17, 15) is 24.0 Å². The number of rotatable bonds is 11. The average Bonchev–Trinajstić information content (AvgIpc) is 2.88. The van der Waals surface area contributed by atoms with Crippen LogP contribution in [-0.4, -0.2) is 89.7 Å². The van der Waals surface area contributed by atoms with Gasteiger partial charge < -0.3 is 47.1 Å². The average molecular weight is 536 g/mol. The van der Waals surface area contributed by atoms with Crippen LogP contribution < -0.4 is 27.4 Å². The predicted molar refractivity (Wildman–Crippen MR) is 138 cm³/mol. The molecule has 2 rings (SSSR count). The molecule has 6 amide bonds. The molecule has 210 valence electrons. The number of carboxylic acid groups (broad SMARTS) is 1. The summed E-state index contributed by atoms with van der Waals surface area (Å²) in [4.78, 5) is 62.2. The molecule has 0 saturated carbocycles. The molecular formula is C24H37N7O7. The van der Waals surface area contributed by atoms with Crippen molar-refractivity contribution < 1.29 is 33.8 Å². The Morgan fingerprint density at radius 1 is 1.00 bits per heavy atom. The number of primary amides is 1. The van der Waals surface area contributed by atoms with Crippen LogP contribution in [-0.2, 0) is 20.9 Å². The lowest BCUT2D eigenvalue weighted by Crippen LogP contribution is -2.51. The number of hydrogen-bond donors (Lipinski definition) is 6. The van der Waals surface area contributed by atoms with Gasteiger partial charge in [0.15, 0.2) is 0 Å². The van der Waals surface area contributed by atoms with Crippen molar-refractivity contribution in [1.82, 2.24) is 20.4 Å². The second-order valence-corrected chi connectivity index (χ2v) is 9.26. The lowest BCUT2D eigenvalue weighted by Gasteiger charge is -2.32. The summed E-state index contributed by atoms with van der Waals surface area (Å²) in [5, 5.41) is 16.9. The molecule has 14 heteroatoms. The summed E-state index contributed by atoms with van der Waals surface area (Å²) >= 11 is 0. The number of hydrogen-bond acceptors (Lipinski definition) is 7. The van der Waals surface area contributed by atoms with Crippen molar-refractivity contribution in [3.8, 4) is 0 Å². The number of urea groups is 1. The maximum atomic E-state index is 12.9. The Bertz CT molecular complexity index is 979. The second kappa shape index (κ2) is 14.6. The molecule has 1 aliphatic rings. The van der Waals surface area contributed by atoms with Crippen molar-refractivity contribution in [1.29, 1.82) is 0 Å². The molecule has 0 bridgehead atoms. The molecular weight excluding hydrogens is 498 g/mol. The number of amides is 6. The summed E-state index contributed by atoms with van der Waals surface area (Å²) in [6.07, 6.45) is -0.903. The Balaban J connectivity index is 1.89. The molecule has 38 heavy (non-hydrogen) atoms. The molecule has 1 saturated heterocycles. The van der Waals surface area contributed by atoms with E-state index < -0.39 is 42.1 Å². The van der Waals surface area contributed by atoms with E-state index >= 15 is 0 Å². The molecule has 0 aliphatic carbocycles. The number of benzene rings is 1. The van der Waals surface area contributed by atoms with Crippen LogP contribution in [0, 0.1) is 5.92 Å². The monoisotopic (exact) mass is 535 g/mol. The van der Waals surface area contributed by atoms with Gasteiger partial charge in [-0.25, -0.2) is 14.4 Å². The fourth-order valence-electron chi connectivity index (χ4n) is 3.59. The van der Waals surface area contributed by atoms with E-state index in [-0.39, 0.29) is 51.7 Å². The third kappa shape index (κ3) is 9.76. The molecule has 0 radical (unpaired) electrons. The first kappa shape index (κ1) is 30.2. The first-order chi connectivity index (χ1) is 18.0. The minimum atomic E-state index is -1.02. The van der Waals surface area contributed by atoms with Crippen molar-refractivity contribution in [2.75, 3.05) is 38.0 Å². The third-order valence-electron chi connectivity index (χ3n) is 6.01. The van der Waals surface area contributed by atoms with Gasteiger partial charge in [0.05, 0.1) is 6.04 Å². The lowest BCUT2D eigenvalue weighted by atomic mass is 10.0. The minimum absolute atomic E-state index is 0.00480. The highest BCUT2D eigenvalue weighted by atomic mass is 16.6. The first-order valence-electron chi connectivity index (χ1n) is 12.4. The second-order valence-electron chi connectivity index (χ2n) is 9.26. The van der Waals surface area contributed by atoms with Crippen LogP contribution in [0.3, 0.4) is 0 Å². The molecule has 0 spiro atoms. The minimum Gasteiger partial charge on any atom is -0.465 e. The quantitative estimate of drug-likeness (QED) is 0.219. The largest absolute Gasteiger partial charge is 0.465 e. The van der Waals surface area contributed by atoms with Gasteiger partial charge in [-0.1, -0.05) is 26.0 Å². The van der Waals surface area contributed by atoms with Crippen LogP contribution in [0.25, 0.3) is 0 Å². The summed E-state index contributed by atoms with van der Waals surface area (Å²) in [5.74, 6) is -1.02. The summed E-state index contributed by atoms with van der Waals surface area (Å²) in [6.45, 7) is 4.82. The molecule has 1 aromatic carbocycles. The van der Waals surface area contributed by atoms with Gasteiger partial charge in [-0.15, -0.1) is 0 Å². The predicted octanol–water partition coefficient (Wildman–Crippen LogP) is 0.474. The van der Waals surface area contributed by atoms with E-state index in [4.69, 9.17) is 21.3 Å². The number of piperazine rings is 1. The Morgan fingerprint density at radius 2 is 1.61 bits per heavy atom. The smallest absolute Gasteiger partial charge is 0.410 e. The van der Waals surface area contributed by atoms with Crippen molar-refractivity contribution >= 4 is 35.7 Å². The van der Waals surface area contributed by atoms with Crippen molar-refractivity contribution in [2.45, 2.75) is 45.4 Å². The first-order valence-corrected chi connectivity index (χ1v) is 12.4. The normalized spacial score (nSPS) is 14.8. The van der Waals surface area contributed by atoms with Gasteiger partial charge in [-0.05, 0) is 36.5 Å². The number of carbonyl (C=O) groups excluding carboxylic acids is 4. The molecule has 0 unspecified atom stereocenters. The van der Waals surface area contributed by atoms with E-state index in [1.54, 1.807) is 38.1 Å². The topological polar surface area (TPSA) is 209 Å². The fraction of sp³-hybridized carbons (Fsp3) is 0.542. The molecule has 1 fully saturated rings. The van der Waals surface area contributed by atoms with Gasteiger partial charge in [0, 0.05) is 38.4 Å². The molecule has 1 heterocycles. The number of anilines is 1. The highest BCUT2D eigenvalue weighted by molar-refractivity contribution is 5.97. The van der Waals surface area contributed by atoms with Crippen LogP contribution in [0.1, 0.15) is 32.3 Å². The Morgan fingerprint density at radius 3 is 2.16 bits per heavy atom. The summed E-state index contributed by atoms with van der Waals surface area (Å²) < 4.78 is 5.32. The van der Waals surface area contributed by atoms with Crippen LogP contribution in [0.5, 0.6) is 0 Å². The van der Waals surface area contributed by atoms with Gasteiger partial charge in [-0.3, -0.25) is 9.59 Å². The van der Waals surface area contributed by atoms with Crippen molar-refractivity contribution in [2.24, 2.45) is 17.4 Å². The molecule has 1 aliphatic heterocycles. The van der Waals surface area contributed by atoms with E-state index in [0.717, 1.165) is 0 Å². The number of ether oxygens (including phenoxy) is 1. The van der Waals surface area contributed by atoms with E-state index in [2.05, 4.69) is 16.0 Å². The van der Waals surface area contributed by atoms with Crippen molar-refractivity contribution in [3.05, 3.63) is 29.8 Å². The van der Waals surface area contributed by atoms with E-state index in [1.165, 1.54) is 9.80 Å². The number of nitrogens with one attached hydrogen (secondary N) is 3. The van der Waals surface area contributed by atoms with Gasteiger partial charge in [0.1, 0.15) is 12.6 Å². The Kier molecular flexibility index (Phi) is 11.6. The maximum absolute atomic E-state index is 12.9. The zero-order chi connectivity index (χ0) is 28.2. The highest BCUT2D eigenvalue weighted by Gasteiger charge is 2.26. The fourth-order valence-corrected chi connectivity index (χ4v) is 3.59. The Hall–Kier alpha value is -4.07. The van der Waals surface area contributed by atoms with Crippen LogP contribution in [0.2, 0.25) is 0 Å².